The predicted octanol–water partition coefficient (Wildman–Crippen LogP) is 3.62. The molecule has 1 aliphatic carbocycles. The van der Waals surface area contributed by atoms with Crippen molar-refractivity contribution in [1.29, 1.82) is 0 Å². The van der Waals surface area contributed by atoms with Gasteiger partial charge in [-0.05, 0) is 38.0 Å². The van der Waals surface area contributed by atoms with Gasteiger partial charge in [-0.15, -0.1) is 10.2 Å². The summed E-state index contributed by atoms with van der Waals surface area (Å²) >= 11 is 0. The van der Waals surface area contributed by atoms with Crippen LogP contribution in [0.4, 0.5) is 0 Å². The molecule has 2 aromatic rings. The lowest BCUT2D eigenvalue weighted by molar-refractivity contribution is -0.133. The number of aromatic nitrogens is 3. The number of rotatable bonds is 5. The second-order valence-electron chi connectivity index (χ2n) is 7.93. The molecule has 1 aromatic carbocycles. The predicted molar refractivity (Wildman–Crippen MR) is 105 cm³/mol. The molecule has 0 spiro atoms. The molecule has 0 radical (unpaired) electrons. The Morgan fingerprint density at radius 3 is 2.52 bits per heavy atom. The van der Waals surface area contributed by atoms with Gasteiger partial charge in [-0.2, -0.15) is 0 Å². The molecule has 27 heavy (non-hydrogen) atoms. The van der Waals surface area contributed by atoms with E-state index in [9.17, 15) is 9.59 Å². The Bertz CT molecular complexity index is 839. The second kappa shape index (κ2) is 8.03. The molecule has 1 fully saturated rings. The monoisotopic (exact) mass is 368 g/mol. The Labute approximate surface area is 159 Å². The van der Waals surface area contributed by atoms with E-state index in [0.29, 0.717) is 18.2 Å². The third-order valence-electron chi connectivity index (χ3n) is 5.74. The number of nitrogens with zero attached hydrogens (tertiary/aromatic N) is 2. The summed E-state index contributed by atoms with van der Waals surface area (Å²) in [5.41, 5.74) is 0.385. The van der Waals surface area contributed by atoms with Crippen molar-refractivity contribution in [1.82, 2.24) is 20.5 Å². The zero-order valence-electron chi connectivity index (χ0n) is 16.3. The SMILES string of the molecule is CCC(NC(=O)C1(C)CCC(C)CC1)c1nnc(-c2ccccc2)[nH]c1=O. The van der Waals surface area contributed by atoms with Gasteiger partial charge in [0.2, 0.25) is 5.91 Å². The maximum absolute atomic E-state index is 12.9. The quantitative estimate of drug-likeness (QED) is 0.844. The number of amides is 1. The van der Waals surface area contributed by atoms with Crippen LogP contribution >= 0.6 is 0 Å². The highest BCUT2D eigenvalue weighted by atomic mass is 16.2. The number of carbonyl (C=O) groups excluding carboxylic acids is 1. The fourth-order valence-electron chi connectivity index (χ4n) is 3.62. The van der Waals surface area contributed by atoms with E-state index in [2.05, 4.69) is 27.4 Å². The Balaban J connectivity index is 1.77. The van der Waals surface area contributed by atoms with Crippen LogP contribution in [0.5, 0.6) is 0 Å². The van der Waals surface area contributed by atoms with Gasteiger partial charge < -0.3 is 10.3 Å². The van der Waals surface area contributed by atoms with Crippen molar-refractivity contribution in [3.8, 4) is 11.4 Å². The largest absolute Gasteiger partial charge is 0.347 e. The number of benzene rings is 1. The van der Waals surface area contributed by atoms with E-state index in [1.165, 1.54) is 0 Å². The van der Waals surface area contributed by atoms with E-state index in [4.69, 9.17) is 0 Å². The fraction of sp³-hybridized carbons (Fsp3) is 0.524. The lowest BCUT2D eigenvalue weighted by Crippen LogP contribution is -2.44. The molecule has 0 aliphatic heterocycles. The van der Waals surface area contributed by atoms with Gasteiger partial charge in [0.05, 0.1) is 6.04 Å². The number of hydrogen-bond donors (Lipinski definition) is 2. The molecule has 3 rings (SSSR count). The van der Waals surface area contributed by atoms with Crippen LogP contribution in [0.2, 0.25) is 0 Å². The first-order valence-electron chi connectivity index (χ1n) is 9.76. The number of aromatic amines is 1. The molecule has 144 valence electrons. The molecule has 6 heteroatoms. The molecular weight excluding hydrogens is 340 g/mol. The van der Waals surface area contributed by atoms with Crippen molar-refractivity contribution < 1.29 is 4.79 Å². The van der Waals surface area contributed by atoms with Crippen molar-refractivity contribution in [3.63, 3.8) is 0 Å². The minimum Gasteiger partial charge on any atom is -0.347 e. The van der Waals surface area contributed by atoms with Gasteiger partial charge in [-0.1, -0.05) is 51.1 Å². The molecule has 1 saturated carbocycles. The van der Waals surface area contributed by atoms with Gasteiger partial charge in [-0.3, -0.25) is 9.59 Å². The third kappa shape index (κ3) is 4.26. The van der Waals surface area contributed by atoms with Crippen LogP contribution in [0.15, 0.2) is 35.1 Å². The average Bonchev–Trinajstić information content (AvgIpc) is 2.69. The number of carbonyl (C=O) groups is 1. The van der Waals surface area contributed by atoms with Gasteiger partial charge in [-0.25, -0.2) is 0 Å². The van der Waals surface area contributed by atoms with Gasteiger partial charge in [0, 0.05) is 11.0 Å². The summed E-state index contributed by atoms with van der Waals surface area (Å²) in [5.74, 6) is 1.11. The number of hydrogen-bond acceptors (Lipinski definition) is 4. The summed E-state index contributed by atoms with van der Waals surface area (Å²) in [6, 6.07) is 8.95. The molecule has 1 atom stereocenters. The first-order valence-corrected chi connectivity index (χ1v) is 9.76. The van der Waals surface area contributed by atoms with E-state index < -0.39 is 6.04 Å². The molecule has 1 aliphatic rings. The summed E-state index contributed by atoms with van der Waals surface area (Å²) < 4.78 is 0. The summed E-state index contributed by atoms with van der Waals surface area (Å²) in [7, 11) is 0. The highest BCUT2D eigenvalue weighted by Gasteiger charge is 2.37. The minimum atomic E-state index is -0.435. The van der Waals surface area contributed by atoms with Gasteiger partial charge in [0.15, 0.2) is 11.5 Å². The van der Waals surface area contributed by atoms with E-state index >= 15 is 0 Å². The zero-order chi connectivity index (χ0) is 19.4. The topological polar surface area (TPSA) is 87.7 Å². The van der Waals surface area contributed by atoms with Crippen molar-refractivity contribution in [2.75, 3.05) is 0 Å². The average molecular weight is 368 g/mol. The molecule has 1 unspecified atom stereocenters. The summed E-state index contributed by atoms with van der Waals surface area (Å²) in [6.07, 6.45) is 4.47. The van der Waals surface area contributed by atoms with E-state index in [0.717, 1.165) is 31.2 Å². The Morgan fingerprint density at radius 1 is 1.26 bits per heavy atom. The lowest BCUT2D eigenvalue weighted by atomic mass is 9.71. The minimum absolute atomic E-state index is 0.00888. The highest BCUT2D eigenvalue weighted by molar-refractivity contribution is 5.82. The Morgan fingerprint density at radius 2 is 1.93 bits per heavy atom. The molecule has 1 heterocycles. The first kappa shape index (κ1) is 19.3. The van der Waals surface area contributed by atoms with Crippen LogP contribution in [-0.4, -0.2) is 21.1 Å². The normalized spacial score (nSPS) is 23.6. The van der Waals surface area contributed by atoms with E-state index in [1.807, 2.05) is 44.2 Å². The summed E-state index contributed by atoms with van der Waals surface area (Å²) in [5, 5.41) is 11.4. The highest BCUT2D eigenvalue weighted by Crippen LogP contribution is 2.39. The van der Waals surface area contributed by atoms with Crippen LogP contribution in [0, 0.1) is 11.3 Å². The molecule has 6 nitrogen and oxygen atoms in total. The van der Waals surface area contributed by atoms with Crippen molar-refractivity contribution >= 4 is 5.91 Å². The first-order chi connectivity index (χ1) is 12.9. The smallest absolute Gasteiger partial charge is 0.275 e. The van der Waals surface area contributed by atoms with Gasteiger partial charge in [0.25, 0.3) is 5.56 Å². The Hall–Kier alpha value is -2.50. The van der Waals surface area contributed by atoms with Crippen LogP contribution in [-0.2, 0) is 4.79 Å². The number of H-pyrrole nitrogens is 1. The molecule has 1 aromatic heterocycles. The second-order valence-corrected chi connectivity index (χ2v) is 7.93. The van der Waals surface area contributed by atoms with Crippen molar-refractivity contribution in [3.05, 3.63) is 46.4 Å². The Kier molecular flexibility index (Phi) is 5.73. The maximum atomic E-state index is 12.9. The standard InChI is InChI=1S/C21H28N4O2/c1-4-16(22-20(27)21(3)12-10-14(2)11-13-21)17-19(26)23-18(25-24-17)15-8-6-5-7-9-15/h5-9,14,16H,4,10-13H2,1-3H3,(H,22,27)(H,23,25,26). The van der Waals surface area contributed by atoms with Crippen LogP contribution in [0.25, 0.3) is 11.4 Å². The van der Waals surface area contributed by atoms with Crippen molar-refractivity contribution in [2.24, 2.45) is 11.3 Å². The third-order valence-corrected chi connectivity index (χ3v) is 5.74. The number of nitrogens with one attached hydrogen (secondary N) is 2. The van der Waals surface area contributed by atoms with E-state index in [1.54, 1.807) is 0 Å². The molecule has 0 saturated heterocycles. The van der Waals surface area contributed by atoms with Gasteiger partial charge in [0.1, 0.15) is 0 Å². The molecular formula is C21H28N4O2. The van der Waals surface area contributed by atoms with Crippen LogP contribution < -0.4 is 10.9 Å². The molecule has 0 bridgehead atoms. The fourth-order valence-corrected chi connectivity index (χ4v) is 3.62. The molecule has 1 amide bonds. The zero-order valence-corrected chi connectivity index (χ0v) is 16.3. The van der Waals surface area contributed by atoms with Gasteiger partial charge >= 0.3 is 0 Å². The van der Waals surface area contributed by atoms with Crippen molar-refractivity contribution in [2.45, 2.75) is 58.9 Å². The van der Waals surface area contributed by atoms with Crippen LogP contribution in [0.1, 0.15) is 64.6 Å². The van der Waals surface area contributed by atoms with Crippen LogP contribution in [0.3, 0.4) is 0 Å². The maximum Gasteiger partial charge on any atom is 0.275 e. The molecule has 2 N–H and O–H groups in total. The summed E-state index contributed by atoms with van der Waals surface area (Å²) in [6.45, 7) is 6.19. The summed E-state index contributed by atoms with van der Waals surface area (Å²) in [4.78, 5) is 28.3. The lowest BCUT2D eigenvalue weighted by Gasteiger charge is -2.35. The van der Waals surface area contributed by atoms with E-state index in [-0.39, 0.29) is 22.6 Å².